The van der Waals surface area contributed by atoms with Crippen molar-refractivity contribution in [2.24, 2.45) is 17.3 Å². The Morgan fingerprint density at radius 1 is 1.43 bits per heavy atom. The Morgan fingerprint density at radius 3 is 2.50 bits per heavy atom. The van der Waals surface area contributed by atoms with Gasteiger partial charge in [0, 0.05) is 0 Å². The van der Waals surface area contributed by atoms with Gasteiger partial charge in [0.2, 0.25) is 0 Å². The zero-order valence-corrected chi connectivity index (χ0v) is 10.0. The molecule has 1 aliphatic carbocycles. The normalized spacial score (nSPS) is 33.1. The van der Waals surface area contributed by atoms with Gasteiger partial charge in [-0.1, -0.05) is 39.8 Å². The van der Waals surface area contributed by atoms with E-state index in [-0.39, 0.29) is 11.5 Å². The van der Waals surface area contributed by atoms with E-state index < -0.39 is 0 Å². The lowest BCUT2D eigenvalue weighted by Gasteiger charge is -2.32. The Balaban J connectivity index is 2.83. The van der Waals surface area contributed by atoms with Gasteiger partial charge in [0.25, 0.3) is 0 Å². The van der Waals surface area contributed by atoms with Crippen LogP contribution >= 0.6 is 0 Å². The van der Waals surface area contributed by atoms with Gasteiger partial charge in [-0.05, 0) is 36.5 Å². The minimum atomic E-state index is -0.164. The molecule has 14 heavy (non-hydrogen) atoms. The van der Waals surface area contributed by atoms with Crippen molar-refractivity contribution in [2.75, 3.05) is 0 Å². The van der Waals surface area contributed by atoms with E-state index in [2.05, 4.69) is 34.3 Å². The standard InChI is InChI=1S/C13H24O/c1-9(2)11-8-13(4,5)12(14)7-6-10(11)3/h9,11-12,14H,3,6-8H2,1-2,4-5H3/t11-,12-/m0/s1. The molecule has 1 aliphatic rings. The molecule has 1 N–H and O–H groups in total. The minimum absolute atomic E-state index is 0.0500. The average molecular weight is 196 g/mol. The van der Waals surface area contributed by atoms with Crippen LogP contribution in [0.2, 0.25) is 0 Å². The molecule has 0 heterocycles. The molecule has 0 aromatic heterocycles. The molecule has 0 aromatic carbocycles. The van der Waals surface area contributed by atoms with Crippen molar-refractivity contribution in [3.05, 3.63) is 12.2 Å². The van der Waals surface area contributed by atoms with Gasteiger partial charge in [-0.15, -0.1) is 0 Å². The number of hydrogen-bond acceptors (Lipinski definition) is 1. The first-order valence-corrected chi connectivity index (χ1v) is 5.70. The summed E-state index contributed by atoms with van der Waals surface area (Å²) in [5, 5.41) is 9.99. The molecule has 0 amide bonds. The summed E-state index contributed by atoms with van der Waals surface area (Å²) >= 11 is 0. The highest BCUT2D eigenvalue weighted by molar-refractivity contribution is 5.07. The van der Waals surface area contributed by atoms with E-state index in [1.54, 1.807) is 0 Å². The highest BCUT2D eigenvalue weighted by Gasteiger charge is 2.35. The Kier molecular flexibility index (Phi) is 3.41. The average Bonchev–Trinajstić information content (AvgIpc) is 2.16. The van der Waals surface area contributed by atoms with Gasteiger partial charge in [-0.3, -0.25) is 0 Å². The van der Waals surface area contributed by atoms with Crippen molar-refractivity contribution in [3.63, 3.8) is 0 Å². The summed E-state index contributed by atoms with van der Waals surface area (Å²) in [5.41, 5.74) is 1.39. The fraction of sp³-hybridized carbons (Fsp3) is 0.846. The van der Waals surface area contributed by atoms with Crippen LogP contribution < -0.4 is 0 Å². The van der Waals surface area contributed by atoms with Crippen LogP contribution in [0.1, 0.15) is 47.0 Å². The van der Waals surface area contributed by atoms with Crippen molar-refractivity contribution in [2.45, 2.75) is 53.1 Å². The third-order valence-electron chi connectivity index (χ3n) is 3.72. The summed E-state index contributed by atoms with van der Waals surface area (Å²) in [7, 11) is 0. The molecular formula is C13H24O. The van der Waals surface area contributed by atoms with Gasteiger partial charge in [0.05, 0.1) is 6.10 Å². The summed E-state index contributed by atoms with van der Waals surface area (Å²) in [6, 6.07) is 0. The number of aliphatic hydroxyl groups is 1. The van der Waals surface area contributed by atoms with Crippen LogP contribution in [-0.4, -0.2) is 11.2 Å². The molecule has 1 heteroatoms. The molecule has 0 spiro atoms. The zero-order chi connectivity index (χ0) is 10.9. The maximum atomic E-state index is 9.99. The monoisotopic (exact) mass is 196 g/mol. The second-order valence-electron chi connectivity index (χ2n) is 5.76. The van der Waals surface area contributed by atoms with Crippen LogP contribution in [0.15, 0.2) is 12.2 Å². The quantitative estimate of drug-likeness (QED) is 0.503. The lowest BCUT2D eigenvalue weighted by atomic mass is 9.75. The molecule has 2 atom stereocenters. The lowest BCUT2D eigenvalue weighted by Crippen LogP contribution is -2.30. The molecule has 1 fully saturated rings. The van der Waals surface area contributed by atoms with E-state index in [4.69, 9.17) is 0 Å². The van der Waals surface area contributed by atoms with E-state index in [1.165, 1.54) is 5.57 Å². The van der Waals surface area contributed by atoms with Crippen LogP contribution in [0.25, 0.3) is 0 Å². The van der Waals surface area contributed by atoms with Crippen LogP contribution in [0.5, 0.6) is 0 Å². The molecule has 0 bridgehead atoms. The smallest absolute Gasteiger partial charge is 0.0594 e. The number of rotatable bonds is 1. The van der Waals surface area contributed by atoms with Gasteiger partial charge in [-0.25, -0.2) is 0 Å². The van der Waals surface area contributed by atoms with Crippen molar-refractivity contribution in [3.8, 4) is 0 Å². The number of hydrogen-bond donors (Lipinski definition) is 1. The van der Waals surface area contributed by atoms with Gasteiger partial charge in [0.1, 0.15) is 0 Å². The third-order valence-corrected chi connectivity index (χ3v) is 3.72. The Labute approximate surface area is 88.2 Å². The summed E-state index contributed by atoms with van der Waals surface area (Å²) in [6.07, 6.45) is 2.79. The predicted molar refractivity (Wildman–Crippen MR) is 61.1 cm³/mol. The fourth-order valence-electron chi connectivity index (χ4n) is 2.45. The highest BCUT2D eigenvalue weighted by Crippen LogP contribution is 2.42. The summed E-state index contributed by atoms with van der Waals surface area (Å²) in [6.45, 7) is 13.0. The van der Waals surface area contributed by atoms with Crippen molar-refractivity contribution >= 4 is 0 Å². The van der Waals surface area contributed by atoms with Gasteiger partial charge >= 0.3 is 0 Å². The predicted octanol–water partition coefficient (Wildman–Crippen LogP) is 3.39. The Bertz CT molecular complexity index is 215. The SMILES string of the molecule is C=C1CC[C@H](O)C(C)(C)C[C@H]1C(C)C. The van der Waals surface area contributed by atoms with Crippen LogP contribution in [0, 0.1) is 17.3 Å². The topological polar surface area (TPSA) is 20.2 Å². The van der Waals surface area contributed by atoms with Gasteiger partial charge < -0.3 is 5.11 Å². The van der Waals surface area contributed by atoms with Gasteiger partial charge in [0.15, 0.2) is 0 Å². The first-order valence-electron chi connectivity index (χ1n) is 5.70. The van der Waals surface area contributed by atoms with E-state index in [0.717, 1.165) is 19.3 Å². The summed E-state index contributed by atoms with van der Waals surface area (Å²) < 4.78 is 0. The summed E-state index contributed by atoms with van der Waals surface area (Å²) in [5.74, 6) is 1.23. The molecule has 1 nitrogen and oxygen atoms in total. The van der Waals surface area contributed by atoms with E-state index in [9.17, 15) is 5.11 Å². The molecule has 0 aromatic rings. The molecule has 0 radical (unpaired) electrons. The molecule has 0 aliphatic heterocycles. The first-order chi connectivity index (χ1) is 6.34. The van der Waals surface area contributed by atoms with Crippen molar-refractivity contribution < 1.29 is 5.11 Å². The first kappa shape index (κ1) is 11.8. The van der Waals surface area contributed by atoms with Crippen LogP contribution in [0.3, 0.4) is 0 Å². The largest absolute Gasteiger partial charge is 0.393 e. The summed E-state index contributed by atoms with van der Waals surface area (Å²) in [4.78, 5) is 0. The Morgan fingerprint density at radius 2 is 2.00 bits per heavy atom. The van der Waals surface area contributed by atoms with Crippen LogP contribution in [-0.2, 0) is 0 Å². The molecular weight excluding hydrogens is 172 g/mol. The highest BCUT2D eigenvalue weighted by atomic mass is 16.3. The second kappa shape index (κ2) is 4.06. The lowest BCUT2D eigenvalue weighted by molar-refractivity contribution is 0.0356. The molecule has 1 saturated carbocycles. The maximum absolute atomic E-state index is 9.99. The zero-order valence-electron chi connectivity index (χ0n) is 10.0. The molecule has 82 valence electrons. The van der Waals surface area contributed by atoms with Crippen LogP contribution in [0.4, 0.5) is 0 Å². The third kappa shape index (κ3) is 2.38. The van der Waals surface area contributed by atoms with E-state index in [1.807, 2.05) is 0 Å². The second-order valence-corrected chi connectivity index (χ2v) is 5.76. The Hall–Kier alpha value is -0.300. The van der Waals surface area contributed by atoms with Gasteiger partial charge in [-0.2, -0.15) is 0 Å². The molecule has 0 saturated heterocycles. The van der Waals surface area contributed by atoms with E-state index in [0.29, 0.717) is 11.8 Å². The number of allylic oxidation sites excluding steroid dienone is 1. The van der Waals surface area contributed by atoms with E-state index >= 15 is 0 Å². The minimum Gasteiger partial charge on any atom is -0.393 e. The molecule has 1 rings (SSSR count). The fourth-order valence-corrected chi connectivity index (χ4v) is 2.45. The molecule has 0 unspecified atom stereocenters. The van der Waals surface area contributed by atoms with Crippen molar-refractivity contribution in [1.29, 1.82) is 0 Å². The maximum Gasteiger partial charge on any atom is 0.0594 e. The number of aliphatic hydroxyl groups excluding tert-OH is 1. The van der Waals surface area contributed by atoms with Crippen molar-refractivity contribution in [1.82, 2.24) is 0 Å².